The molecule has 5 amide bonds. The summed E-state index contributed by atoms with van der Waals surface area (Å²) < 4.78 is 1.89. The van der Waals surface area contributed by atoms with Gasteiger partial charge >= 0.3 is 0 Å². The number of piperidine rings is 1. The van der Waals surface area contributed by atoms with Crippen molar-refractivity contribution >= 4 is 29.5 Å². The fourth-order valence-corrected chi connectivity index (χ4v) is 3.87. The second-order valence-corrected chi connectivity index (χ2v) is 7.45. The fraction of sp³-hybridized carbons (Fsp3) is 0.286. The van der Waals surface area contributed by atoms with Crippen LogP contribution in [0.1, 0.15) is 49.6 Å². The first-order valence-electron chi connectivity index (χ1n) is 9.50. The SMILES string of the molecule is CN(Cc1cccn1C)C(=O)c1cccc2c1C(=O)N(C1CCC(=O)NC1=O)C2=O. The molecule has 2 aliphatic heterocycles. The second-order valence-electron chi connectivity index (χ2n) is 7.45. The van der Waals surface area contributed by atoms with E-state index in [4.69, 9.17) is 0 Å². The van der Waals surface area contributed by atoms with Crippen LogP contribution >= 0.6 is 0 Å². The molecule has 1 aromatic heterocycles. The molecule has 1 fully saturated rings. The third kappa shape index (κ3) is 3.08. The molecule has 154 valence electrons. The zero-order chi connectivity index (χ0) is 21.6. The molecule has 0 aliphatic carbocycles. The van der Waals surface area contributed by atoms with Gasteiger partial charge in [0.25, 0.3) is 17.7 Å². The largest absolute Gasteiger partial charge is 0.353 e. The Labute approximate surface area is 172 Å². The van der Waals surface area contributed by atoms with Crippen molar-refractivity contribution in [1.29, 1.82) is 0 Å². The van der Waals surface area contributed by atoms with Gasteiger partial charge in [0.05, 0.1) is 23.2 Å². The predicted octanol–water partition coefficient (Wildman–Crippen LogP) is 0.698. The Bertz CT molecular complexity index is 1100. The Balaban J connectivity index is 1.64. The van der Waals surface area contributed by atoms with Crippen molar-refractivity contribution in [2.24, 2.45) is 7.05 Å². The zero-order valence-electron chi connectivity index (χ0n) is 16.5. The number of nitrogens with one attached hydrogen (secondary N) is 1. The highest BCUT2D eigenvalue weighted by atomic mass is 16.2. The summed E-state index contributed by atoms with van der Waals surface area (Å²) in [5.74, 6) is -2.86. The number of benzene rings is 1. The van der Waals surface area contributed by atoms with Crippen molar-refractivity contribution in [1.82, 2.24) is 19.7 Å². The summed E-state index contributed by atoms with van der Waals surface area (Å²) in [6.45, 7) is 0.324. The van der Waals surface area contributed by atoms with Crippen molar-refractivity contribution in [2.45, 2.75) is 25.4 Å². The monoisotopic (exact) mass is 408 g/mol. The molecule has 0 bridgehead atoms. The van der Waals surface area contributed by atoms with E-state index in [0.29, 0.717) is 6.54 Å². The van der Waals surface area contributed by atoms with E-state index < -0.39 is 35.6 Å². The first-order valence-corrected chi connectivity index (χ1v) is 9.50. The van der Waals surface area contributed by atoms with E-state index in [1.54, 1.807) is 13.1 Å². The van der Waals surface area contributed by atoms with Gasteiger partial charge in [-0.05, 0) is 30.7 Å². The standard InChI is InChI=1S/C21H20N4O5/c1-23-10-4-5-12(23)11-24(2)19(28)13-6-3-7-14-17(13)21(30)25(20(14)29)15-8-9-16(26)22-18(15)27/h3-7,10,15H,8-9,11H2,1-2H3,(H,22,26,27). The summed E-state index contributed by atoms with van der Waals surface area (Å²) in [5, 5.41) is 2.16. The third-order valence-electron chi connectivity index (χ3n) is 5.50. The highest BCUT2D eigenvalue weighted by Gasteiger charge is 2.46. The van der Waals surface area contributed by atoms with Gasteiger partial charge in [0.1, 0.15) is 6.04 Å². The predicted molar refractivity (Wildman–Crippen MR) is 104 cm³/mol. The molecule has 1 saturated heterocycles. The molecule has 9 heteroatoms. The number of carbonyl (C=O) groups excluding carboxylic acids is 5. The van der Waals surface area contributed by atoms with Crippen LogP contribution in [0.2, 0.25) is 0 Å². The first-order chi connectivity index (χ1) is 14.3. The molecule has 2 aromatic rings. The van der Waals surface area contributed by atoms with Gasteiger partial charge in [-0.15, -0.1) is 0 Å². The molecular weight excluding hydrogens is 388 g/mol. The van der Waals surface area contributed by atoms with Gasteiger partial charge < -0.3 is 9.47 Å². The summed E-state index contributed by atoms with van der Waals surface area (Å²) in [4.78, 5) is 65.1. The highest BCUT2D eigenvalue weighted by molar-refractivity contribution is 6.26. The average Bonchev–Trinajstić information content (AvgIpc) is 3.23. The minimum absolute atomic E-state index is 0.00377. The lowest BCUT2D eigenvalue weighted by molar-refractivity contribution is -0.136. The number of aromatic nitrogens is 1. The molecule has 1 unspecified atom stereocenters. The summed E-state index contributed by atoms with van der Waals surface area (Å²) in [6.07, 6.45) is 1.97. The van der Waals surface area contributed by atoms with E-state index in [-0.39, 0.29) is 29.5 Å². The lowest BCUT2D eigenvalue weighted by Gasteiger charge is -2.27. The summed E-state index contributed by atoms with van der Waals surface area (Å²) in [7, 11) is 3.49. The number of rotatable bonds is 4. The number of fused-ring (bicyclic) bond motifs is 1. The lowest BCUT2D eigenvalue weighted by Crippen LogP contribution is -2.54. The van der Waals surface area contributed by atoms with Crippen LogP contribution in [-0.4, -0.2) is 57.0 Å². The maximum Gasteiger partial charge on any atom is 0.263 e. The van der Waals surface area contributed by atoms with Crippen LogP contribution in [-0.2, 0) is 23.2 Å². The van der Waals surface area contributed by atoms with Crippen LogP contribution in [0, 0.1) is 0 Å². The maximum absolute atomic E-state index is 13.1. The zero-order valence-corrected chi connectivity index (χ0v) is 16.5. The normalized spacial score (nSPS) is 18.5. The number of carbonyl (C=O) groups is 5. The summed E-state index contributed by atoms with van der Waals surface area (Å²) >= 11 is 0. The van der Waals surface area contributed by atoms with E-state index >= 15 is 0 Å². The highest BCUT2D eigenvalue weighted by Crippen LogP contribution is 2.30. The molecule has 4 rings (SSSR count). The lowest BCUT2D eigenvalue weighted by atomic mass is 10.0. The average molecular weight is 408 g/mol. The van der Waals surface area contributed by atoms with E-state index in [1.807, 2.05) is 29.9 Å². The van der Waals surface area contributed by atoms with Crippen molar-refractivity contribution < 1.29 is 24.0 Å². The van der Waals surface area contributed by atoms with Crippen LogP contribution in [0.25, 0.3) is 0 Å². The van der Waals surface area contributed by atoms with E-state index in [1.165, 1.54) is 17.0 Å². The van der Waals surface area contributed by atoms with E-state index in [0.717, 1.165) is 10.6 Å². The third-order valence-corrected chi connectivity index (χ3v) is 5.50. The minimum atomic E-state index is -1.07. The van der Waals surface area contributed by atoms with Gasteiger partial charge in [0.2, 0.25) is 11.8 Å². The van der Waals surface area contributed by atoms with Gasteiger partial charge in [-0.3, -0.25) is 34.2 Å². The molecule has 2 aliphatic rings. The number of amides is 5. The molecule has 1 atom stereocenters. The Morgan fingerprint density at radius 1 is 1.13 bits per heavy atom. The van der Waals surface area contributed by atoms with Crippen molar-refractivity contribution in [3.8, 4) is 0 Å². The molecule has 9 nitrogen and oxygen atoms in total. The summed E-state index contributed by atoms with van der Waals surface area (Å²) in [5.41, 5.74) is 1.10. The van der Waals surface area contributed by atoms with Crippen molar-refractivity contribution in [2.75, 3.05) is 7.05 Å². The molecule has 30 heavy (non-hydrogen) atoms. The van der Waals surface area contributed by atoms with Gasteiger partial charge in [-0.25, -0.2) is 0 Å². The molecular formula is C21H20N4O5. The Hall–Kier alpha value is -3.75. The van der Waals surface area contributed by atoms with Gasteiger partial charge in [-0.2, -0.15) is 0 Å². The van der Waals surface area contributed by atoms with Gasteiger partial charge in [0.15, 0.2) is 0 Å². The topological polar surface area (TPSA) is 109 Å². The molecule has 0 spiro atoms. The Morgan fingerprint density at radius 2 is 1.90 bits per heavy atom. The number of hydrogen-bond donors (Lipinski definition) is 1. The van der Waals surface area contributed by atoms with Crippen LogP contribution in [0.4, 0.5) is 0 Å². The van der Waals surface area contributed by atoms with Crippen LogP contribution in [0.15, 0.2) is 36.5 Å². The van der Waals surface area contributed by atoms with Gasteiger partial charge in [-0.1, -0.05) is 6.07 Å². The van der Waals surface area contributed by atoms with Gasteiger partial charge in [0, 0.05) is 32.4 Å². The number of aryl methyl sites for hydroxylation is 1. The molecule has 0 saturated carbocycles. The van der Waals surface area contributed by atoms with E-state index in [9.17, 15) is 24.0 Å². The quantitative estimate of drug-likeness (QED) is 0.749. The second kappa shape index (κ2) is 7.25. The number of imide groups is 2. The smallest absolute Gasteiger partial charge is 0.263 e. The number of hydrogen-bond acceptors (Lipinski definition) is 5. The van der Waals surface area contributed by atoms with E-state index in [2.05, 4.69) is 5.32 Å². The van der Waals surface area contributed by atoms with Crippen molar-refractivity contribution in [3.05, 3.63) is 58.9 Å². The van der Waals surface area contributed by atoms with Crippen molar-refractivity contribution in [3.63, 3.8) is 0 Å². The Kier molecular flexibility index (Phi) is 4.73. The fourth-order valence-electron chi connectivity index (χ4n) is 3.87. The van der Waals surface area contributed by atoms with Crippen LogP contribution < -0.4 is 5.32 Å². The molecule has 1 N–H and O–H groups in total. The van der Waals surface area contributed by atoms with Crippen LogP contribution in [0.3, 0.4) is 0 Å². The summed E-state index contributed by atoms with van der Waals surface area (Å²) in [6, 6.07) is 7.20. The minimum Gasteiger partial charge on any atom is -0.353 e. The first kappa shape index (κ1) is 19.6. The maximum atomic E-state index is 13.1. The molecule has 3 heterocycles. The molecule has 1 aromatic carbocycles. The number of nitrogens with zero attached hydrogens (tertiary/aromatic N) is 3. The Morgan fingerprint density at radius 3 is 2.57 bits per heavy atom. The van der Waals surface area contributed by atoms with Crippen LogP contribution in [0.5, 0.6) is 0 Å². The molecule has 0 radical (unpaired) electrons.